The minimum Gasteiger partial charge on any atom is -0.479 e. The number of carbonyl (C=O) groups excluding carboxylic acids is 1. The Bertz CT molecular complexity index is 938. The fourth-order valence-corrected chi connectivity index (χ4v) is 2.67. The van der Waals surface area contributed by atoms with Gasteiger partial charge in [-0.25, -0.2) is 0 Å². The van der Waals surface area contributed by atoms with Gasteiger partial charge in [-0.15, -0.1) is 11.3 Å². The van der Waals surface area contributed by atoms with Crippen molar-refractivity contribution in [2.45, 2.75) is 20.8 Å². The van der Waals surface area contributed by atoms with Crippen molar-refractivity contribution in [3.8, 4) is 11.8 Å². The first-order valence-corrected chi connectivity index (χ1v) is 8.18. The SMILES string of the molecule is CC(C)(C)C(=O)/C=c1\[nH]c(=O)/c(=C\c2ccc(OCC#N)cc2)s1. The Morgan fingerprint density at radius 3 is 2.58 bits per heavy atom. The van der Waals surface area contributed by atoms with Crippen LogP contribution in [0.25, 0.3) is 12.2 Å². The summed E-state index contributed by atoms with van der Waals surface area (Å²) in [6.07, 6.45) is 3.22. The first-order chi connectivity index (χ1) is 11.3. The van der Waals surface area contributed by atoms with Crippen LogP contribution in [0.2, 0.25) is 0 Å². The van der Waals surface area contributed by atoms with E-state index < -0.39 is 5.41 Å². The van der Waals surface area contributed by atoms with Crippen molar-refractivity contribution in [2.75, 3.05) is 6.61 Å². The van der Waals surface area contributed by atoms with Crippen LogP contribution in [0.3, 0.4) is 0 Å². The molecule has 0 aliphatic rings. The van der Waals surface area contributed by atoms with Crippen LogP contribution in [0.5, 0.6) is 5.75 Å². The molecule has 0 radical (unpaired) electrons. The summed E-state index contributed by atoms with van der Waals surface area (Å²) in [7, 11) is 0. The number of hydrogen-bond donors (Lipinski definition) is 1. The predicted molar refractivity (Wildman–Crippen MR) is 94.2 cm³/mol. The molecule has 0 spiro atoms. The van der Waals surface area contributed by atoms with Gasteiger partial charge in [0.15, 0.2) is 12.4 Å². The Kier molecular flexibility index (Phi) is 5.37. The number of Topliss-reactive ketones (excluding diaryl/α,β-unsaturated/α-hetero) is 1. The number of aromatic amines is 1. The lowest BCUT2D eigenvalue weighted by atomic mass is 9.91. The Morgan fingerprint density at radius 1 is 1.33 bits per heavy atom. The molecule has 24 heavy (non-hydrogen) atoms. The van der Waals surface area contributed by atoms with Gasteiger partial charge in [-0.3, -0.25) is 9.59 Å². The number of rotatable bonds is 4. The zero-order valence-electron chi connectivity index (χ0n) is 13.8. The third kappa shape index (κ3) is 4.67. The van der Waals surface area contributed by atoms with Gasteiger partial charge < -0.3 is 9.72 Å². The quantitative estimate of drug-likeness (QED) is 0.914. The molecule has 0 aliphatic heterocycles. The number of nitriles is 1. The van der Waals surface area contributed by atoms with Gasteiger partial charge in [-0.1, -0.05) is 32.9 Å². The molecule has 0 saturated heterocycles. The van der Waals surface area contributed by atoms with Crippen molar-refractivity contribution in [1.82, 2.24) is 4.98 Å². The van der Waals surface area contributed by atoms with E-state index in [0.29, 0.717) is 14.9 Å². The molecule has 1 aromatic heterocycles. The number of hydrogen-bond acceptors (Lipinski definition) is 5. The Balaban J connectivity index is 2.32. The molecule has 0 amide bonds. The molecule has 1 N–H and O–H groups in total. The summed E-state index contributed by atoms with van der Waals surface area (Å²) in [6.45, 7) is 5.50. The molecular formula is C18H18N2O3S. The smallest absolute Gasteiger partial charge is 0.266 e. The number of carbonyl (C=O) groups is 1. The molecule has 5 nitrogen and oxygen atoms in total. The van der Waals surface area contributed by atoms with E-state index in [4.69, 9.17) is 10.00 Å². The molecule has 0 saturated carbocycles. The number of H-pyrrole nitrogens is 1. The number of benzene rings is 1. The molecule has 0 bridgehead atoms. The van der Waals surface area contributed by atoms with Crippen LogP contribution in [-0.2, 0) is 4.79 Å². The summed E-state index contributed by atoms with van der Waals surface area (Å²) in [5.41, 5.74) is 0.127. The number of nitrogens with zero attached hydrogens (tertiary/aromatic N) is 1. The fourth-order valence-electron chi connectivity index (χ4n) is 1.79. The molecule has 0 unspecified atom stereocenters. The molecule has 0 fully saturated rings. The lowest BCUT2D eigenvalue weighted by molar-refractivity contribution is -0.119. The topological polar surface area (TPSA) is 82.9 Å². The highest BCUT2D eigenvalue weighted by Gasteiger charge is 2.18. The van der Waals surface area contributed by atoms with Crippen LogP contribution in [0.1, 0.15) is 26.3 Å². The maximum Gasteiger partial charge on any atom is 0.266 e. The van der Waals surface area contributed by atoms with E-state index in [1.54, 1.807) is 30.3 Å². The Labute approximate surface area is 143 Å². The van der Waals surface area contributed by atoms with E-state index in [1.165, 1.54) is 17.4 Å². The van der Waals surface area contributed by atoms with Gasteiger partial charge in [0.05, 0.1) is 9.20 Å². The largest absolute Gasteiger partial charge is 0.479 e. The number of aromatic nitrogens is 1. The monoisotopic (exact) mass is 342 g/mol. The summed E-state index contributed by atoms with van der Waals surface area (Å²) in [5, 5.41) is 8.48. The Hall–Kier alpha value is -2.65. The minimum atomic E-state index is -0.482. The van der Waals surface area contributed by atoms with Crippen molar-refractivity contribution in [3.05, 3.63) is 49.4 Å². The molecule has 0 aliphatic carbocycles. The van der Waals surface area contributed by atoms with Crippen molar-refractivity contribution >= 4 is 29.3 Å². The van der Waals surface area contributed by atoms with Crippen LogP contribution >= 0.6 is 11.3 Å². The second-order valence-electron chi connectivity index (χ2n) is 6.20. The summed E-state index contributed by atoms with van der Waals surface area (Å²) in [5.74, 6) is 0.559. The minimum absolute atomic E-state index is 0.00530. The highest BCUT2D eigenvalue weighted by Crippen LogP contribution is 2.15. The van der Waals surface area contributed by atoms with Crippen molar-refractivity contribution < 1.29 is 9.53 Å². The van der Waals surface area contributed by atoms with Crippen LogP contribution in [0.15, 0.2) is 29.1 Å². The Morgan fingerprint density at radius 2 is 2.00 bits per heavy atom. The van der Waals surface area contributed by atoms with Crippen molar-refractivity contribution in [3.63, 3.8) is 0 Å². The second kappa shape index (κ2) is 7.28. The molecule has 6 heteroatoms. The molecule has 124 valence electrons. The van der Waals surface area contributed by atoms with Crippen molar-refractivity contribution in [1.29, 1.82) is 5.26 Å². The van der Waals surface area contributed by atoms with E-state index >= 15 is 0 Å². The summed E-state index contributed by atoms with van der Waals surface area (Å²) in [4.78, 5) is 26.7. The first kappa shape index (κ1) is 17.7. The van der Waals surface area contributed by atoms with Crippen LogP contribution < -0.4 is 19.5 Å². The van der Waals surface area contributed by atoms with Gasteiger partial charge >= 0.3 is 0 Å². The summed E-state index contributed by atoms with van der Waals surface area (Å²) >= 11 is 1.24. The van der Waals surface area contributed by atoms with Crippen LogP contribution in [0.4, 0.5) is 0 Å². The number of nitrogens with one attached hydrogen (secondary N) is 1. The predicted octanol–water partition coefficient (Wildman–Crippen LogP) is 1.56. The van der Waals surface area contributed by atoms with E-state index in [-0.39, 0.29) is 17.9 Å². The number of ether oxygens (including phenoxy) is 1. The normalized spacial score (nSPS) is 12.9. The maximum absolute atomic E-state index is 12.0. The molecule has 0 atom stereocenters. The van der Waals surface area contributed by atoms with Gasteiger partial charge in [0.1, 0.15) is 11.8 Å². The first-order valence-electron chi connectivity index (χ1n) is 7.36. The average Bonchev–Trinajstić information content (AvgIpc) is 2.85. The zero-order chi connectivity index (χ0) is 17.7. The lowest BCUT2D eigenvalue weighted by Gasteiger charge is -2.12. The highest BCUT2D eigenvalue weighted by molar-refractivity contribution is 7.07. The second-order valence-corrected chi connectivity index (χ2v) is 7.29. The van der Waals surface area contributed by atoms with Gasteiger partial charge in [-0.2, -0.15) is 5.26 Å². The van der Waals surface area contributed by atoms with Gasteiger partial charge in [0.2, 0.25) is 0 Å². The number of thiazole rings is 1. The van der Waals surface area contributed by atoms with E-state index in [2.05, 4.69) is 4.98 Å². The van der Waals surface area contributed by atoms with Gasteiger partial charge in [0, 0.05) is 11.5 Å². The standard InChI is InChI=1S/C18H18N2O3S/c1-18(2,3)15(21)11-16-20-17(22)14(24-16)10-12-4-6-13(7-5-12)23-9-8-19/h4-7,10-11H,9H2,1-3H3,(H,20,22)/b14-10+,16-11+. The van der Waals surface area contributed by atoms with Crippen LogP contribution in [0, 0.1) is 16.7 Å². The summed E-state index contributed by atoms with van der Waals surface area (Å²) in [6, 6.07) is 8.98. The molecular weight excluding hydrogens is 324 g/mol. The number of ketones is 1. The third-order valence-electron chi connectivity index (χ3n) is 3.16. The zero-order valence-corrected chi connectivity index (χ0v) is 14.6. The van der Waals surface area contributed by atoms with Gasteiger partial charge in [-0.05, 0) is 23.8 Å². The molecule has 2 rings (SSSR count). The van der Waals surface area contributed by atoms with E-state index in [0.717, 1.165) is 5.56 Å². The van der Waals surface area contributed by atoms with Gasteiger partial charge in [0.25, 0.3) is 5.56 Å². The molecule has 2 aromatic rings. The highest BCUT2D eigenvalue weighted by atomic mass is 32.1. The van der Waals surface area contributed by atoms with Crippen molar-refractivity contribution in [2.24, 2.45) is 5.41 Å². The van der Waals surface area contributed by atoms with E-state index in [1.807, 2.05) is 26.8 Å². The third-order valence-corrected chi connectivity index (χ3v) is 4.13. The fraction of sp³-hybridized carbons (Fsp3) is 0.278. The van der Waals surface area contributed by atoms with Crippen LogP contribution in [-0.4, -0.2) is 17.4 Å². The summed E-state index contributed by atoms with van der Waals surface area (Å²) < 4.78 is 6.24. The maximum atomic E-state index is 12.0. The molecule has 1 aromatic carbocycles. The average molecular weight is 342 g/mol. The molecule has 1 heterocycles. The lowest BCUT2D eigenvalue weighted by Crippen LogP contribution is -2.22. The van der Waals surface area contributed by atoms with E-state index in [9.17, 15) is 9.59 Å².